The molecule has 0 saturated heterocycles. The highest BCUT2D eigenvalue weighted by atomic mass is 19.1. The number of fused-ring (bicyclic) bond motifs is 3. The monoisotopic (exact) mass is 389 g/mol. The van der Waals surface area contributed by atoms with Gasteiger partial charge in [0.2, 0.25) is 5.91 Å². The second-order valence-corrected chi connectivity index (χ2v) is 6.38. The number of amides is 1. The van der Waals surface area contributed by atoms with Gasteiger partial charge in [-0.25, -0.2) is 14.4 Å². The lowest BCUT2D eigenvalue weighted by atomic mass is 9.99. The van der Waals surface area contributed by atoms with Crippen LogP contribution < -0.4 is 16.3 Å². The van der Waals surface area contributed by atoms with Crippen LogP contribution in [0.4, 0.5) is 10.2 Å². The number of hydrogen-bond acceptors (Lipinski definition) is 6. The molecule has 4 aromatic rings. The zero-order valence-electron chi connectivity index (χ0n) is 15.3. The van der Waals surface area contributed by atoms with Crippen LogP contribution >= 0.6 is 0 Å². The van der Waals surface area contributed by atoms with E-state index in [9.17, 15) is 19.2 Å². The fourth-order valence-electron chi connectivity index (χ4n) is 2.93. The van der Waals surface area contributed by atoms with Crippen molar-refractivity contribution in [2.45, 2.75) is 13.2 Å². The first-order chi connectivity index (χ1) is 14.0. The maximum Gasteiger partial charge on any atom is 0.263 e. The molecule has 0 bridgehead atoms. The predicted octanol–water partition coefficient (Wildman–Crippen LogP) is -0.323. The average Bonchev–Trinajstić information content (AvgIpc) is 3.17. The largest absolute Gasteiger partial charge is 0.309 e. The van der Waals surface area contributed by atoms with Gasteiger partial charge in [0.15, 0.2) is 11.3 Å². The molecule has 4 rings (SSSR count). The zero-order valence-corrected chi connectivity index (χ0v) is 15.3. The number of nitriles is 1. The smallest absolute Gasteiger partial charge is 0.263 e. The molecule has 0 aliphatic rings. The molecule has 29 heavy (non-hydrogen) atoms. The molecule has 0 spiro atoms. The fraction of sp³-hybridized carbons (Fsp3) is 0.111. The summed E-state index contributed by atoms with van der Waals surface area (Å²) in [6.07, 6.45) is 1.61. The van der Waals surface area contributed by atoms with Crippen LogP contribution in [0.2, 0.25) is 0 Å². The molecule has 1 amide bonds. The molecule has 11 heteroatoms. The topological polar surface area (TPSA) is 118 Å². The molecule has 0 aliphatic heterocycles. The molecule has 0 saturated carbocycles. The van der Waals surface area contributed by atoms with Gasteiger partial charge in [-0.2, -0.15) is 14.9 Å². The number of hydrogen-bond donors (Lipinski definition) is 1. The Bertz CT molecular complexity index is 1360. The minimum absolute atomic E-state index is 0.0405. The van der Waals surface area contributed by atoms with Crippen molar-refractivity contribution in [3.05, 3.63) is 58.3 Å². The molecular weight excluding hydrogens is 376 g/mol. The van der Waals surface area contributed by atoms with Crippen LogP contribution in [-0.4, -0.2) is 37.9 Å². The number of nitrogens with one attached hydrogen (secondary N) is 1. The van der Waals surface area contributed by atoms with Crippen LogP contribution in [0, 0.1) is 11.3 Å². The number of carbonyl (C=O) groups is 1. The lowest BCUT2D eigenvalue weighted by Gasteiger charge is -2.11. The van der Waals surface area contributed by atoms with Crippen molar-refractivity contribution in [3.8, 4) is 6.07 Å². The van der Waals surface area contributed by atoms with Gasteiger partial charge in [0.25, 0.3) is 5.56 Å². The third-order valence-corrected chi connectivity index (χ3v) is 4.31. The summed E-state index contributed by atoms with van der Waals surface area (Å²) >= 11 is 0. The Hall–Kier alpha value is -4.07. The highest BCUT2D eigenvalue weighted by molar-refractivity contribution is 6.32. The first-order valence-corrected chi connectivity index (χ1v) is 8.61. The van der Waals surface area contributed by atoms with Gasteiger partial charge < -0.3 is 5.32 Å². The van der Waals surface area contributed by atoms with Crippen molar-refractivity contribution >= 4 is 41.7 Å². The van der Waals surface area contributed by atoms with Gasteiger partial charge in [-0.05, 0) is 18.2 Å². The van der Waals surface area contributed by atoms with E-state index in [1.54, 1.807) is 18.3 Å². The van der Waals surface area contributed by atoms with E-state index in [1.807, 2.05) is 13.9 Å². The van der Waals surface area contributed by atoms with E-state index >= 15 is 0 Å². The maximum absolute atomic E-state index is 13.0. The Morgan fingerprint density at radius 2 is 2.14 bits per heavy atom. The van der Waals surface area contributed by atoms with E-state index in [0.717, 1.165) is 5.46 Å². The van der Waals surface area contributed by atoms with Crippen molar-refractivity contribution in [2.24, 2.45) is 0 Å². The highest BCUT2D eigenvalue weighted by Crippen LogP contribution is 2.14. The van der Waals surface area contributed by atoms with Crippen LogP contribution in [-0.2, 0) is 18.0 Å². The van der Waals surface area contributed by atoms with Crippen molar-refractivity contribution in [2.75, 3.05) is 5.32 Å². The first-order valence-electron chi connectivity index (χ1n) is 8.61. The molecule has 0 atom stereocenters. The molecule has 4 heterocycles. The second-order valence-electron chi connectivity index (χ2n) is 6.38. The summed E-state index contributed by atoms with van der Waals surface area (Å²) in [6.45, 7) is -1.13. The lowest BCUT2D eigenvalue weighted by Crippen LogP contribution is -2.30. The maximum atomic E-state index is 13.0. The number of carbonyl (C=O) groups excluding carboxylic acids is 1. The van der Waals surface area contributed by atoms with Crippen LogP contribution in [0.5, 0.6) is 0 Å². The molecule has 0 fully saturated rings. The van der Waals surface area contributed by atoms with E-state index in [2.05, 4.69) is 20.4 Å². The van der Waals surface area contributed by atoms with E-state index < -0.39 is 18.1 Å². The van der Waals surface area contributed by atoms with Crippen molar-refractivity contribution in [1.29, 1.82) is 5.26 Å². The summed E-state index contributed by atoms with van der Waals surface area (Å²) < 4.78 is 15.5. The zero-order chi connectivity index (χ0) is 20.5. The Morgan fingerprint density at radius 3 is 2.83 bits per heavy atom. The molecular formula is C18H13BFN7O2. The number of aromatic nitrogens is 5. The summed E-state index contributed by atoms with van der Waals surface area (Å²) in [5.41, 5.74) is 0.945. The predicted molar refractivity (Wildman–Crippen MR) is 105 cm³/mol. The van der Waals surface area contributed by atoms with Crippen LogP contribution in [0.1, 0.15) is 11.4 Å². The average molecular weight is 389 g/mol. The van der Waals surface area contributed by atoms with Gasteiger partial charge in [0, 0.05) is 12.3 Å². The summed E-state index contributed by atoms with van der Waals surface area (Å²) in [4.78, 5) is 33.7. The number of rotatable bonds is 4. The third kappa shape index (κ3) is 3.32. The van der Waals surface area contributed by atoms with Gasteiger partial charge in [0.1, 0.15) is 38.6 Å². The molecule has 142 valence electrons. The quantitative estimate of drug-likeness (QED) is 0.478. The summed E-state index contributed by atoms with van der Waals surface area (Å²) in [5, 5.41) is 16.1. The van der Waals surface area contributed by atoms with Crippen molar-refractivity contribution in [1.82, 2.24) is 24.1 Å². The van der Waals surface area contributed by atoms with Gasteiger partial charge >= 0.3 is 0 Å². The summed E-state index contributed by atoms with van der Waals surface area (Å²) in [6, 6.07) is 9.55. The number of anilines is 1. The molecule has 0 radical (unpaired) electrons. The molecule has 9 nitrogen and oxygen atoms in total. The molecule has 4 aromatic heterocycles. The van der Waals surface area contributed by atoms with E-state index in [4.69, 9.17) is 0 Å². The first kappa shape index (κ1) is 18.3. The van der Waals surface area contributed by atoms with Gasteiger partial charge in [0.05, 0.1) is 11.1 Å². The molecule has 0 aliphatic carbocycles. The van der Waals surface area contributed by atoms with E-state index in [1.165, 1.54) is 27.3 Å². The van der Waals surface area contributed by atoms with Crippen LogP contribution in [0.25, 0.3) is 16.7 Å². The molecule has 0 unspecified atom stereocenters. The second kappa shape index (κ2) is 7.16. The van der Waals surface area contributed by atoms with Gasteiger partial charge in [-0.1, -0.05) is 11.5 Å². The van der Waals surface area contributed by atoms with Crippen LogP contribution in [0.3, 0.4) is 0 Å². The molecule has 0 aromatic carbocycles. The van der Waals surface area contributed by atoms with E-state index in [0.29, 0.717) is 5.82 Å². The van der Waals surface area contributed by atoms with Gasteiger partial charge in [-0.3, -0.25) is 14.2 Å². The minimum atomic E-state index is -0.807. The Balaban J connectivity index is 1.82. The number of halogens is 1. The third-order valence-electron chi connectivity index (χ3n) is 4.31. The SMILES string of the molecule is Bc1ccc(NC(=O)Cn2c(=O)c3ccc(CF)nc3n3nc(C#N)cc23)nc1. The van der Waals surface area contributed by atoms with Crippen molar-refractivity contribution < 1.29 is 9.18 Å². The number of alkyl halides is 1. The fourth-order valence-corrected chi connectivity index (χ4v) is 2.93. The summed E-state index contributed by atoms with van der Waals surface area (Å²) in [7, 11) is 1.87. The number of pyridine rings is 2. The minimum Gasteiger partial charge on any atom is -0.309 e. The van der Waals surface area contributed by atoms with Crippen molar-refractivity contribution in [3.63, 3.8) is 0 Å². The lowest BCUT2D eigenvalue weighted by molar-refractivity contribution is -0.116. The number of nitrogens with zero attached hydrogens (tertiary/aromatic N) is 6. The normalized spacial score (nSPS) is 10.9. The standard InChI is InChI=1S/C18H13BFN7O2/c19-10-1-4-14(22-8-10)24-15(28)9-26-16-5-12(7-21)25-27(16)17-13(18(26)29)3-2-11(6-20)23-17/h1-5,8H,6,9,19H2,(H,22,24,28). The van der Waals surface area contributed by atoms with Crippen LogP contribution in [0.15, 0.2) is 41.3 Å². The van der Waals surface area contributed by atoms with E-state index in [-0.39, 0.29) is 34.6 Å². The van der Waals surface area contributed by atoms with Gasteiger partial charge in [-0.15, -0.1) is 0 Å². The summed E-state index contributed by atoms with van der Waals surface area (Å²) in [5.74, 6) is -0.122. The molecule has 1 N–H and O–H groups in total. The Labute approximate surface area is 163 Å². The Kier molecular flexibility index (Phi) is 4.52. The highest BCUT2D eigenvalue weighted by Gasteiger charge is 2.17. The Morgan fingerprint density at radius 1 is 1.31 bits per heavy atom.